The van der Waals surface area contributed by atoms with Crippen LogP contribution in [0.1, 0.15) is 32.3 Å². The summed E-state index contributed by atoms with van der Waals surface area (Å²) in [5.74, 6) is -6.34. The predicted octanol–water partition coefficient (Wildman–Crippen LogP) is 6.45. The number of rotatable bonds is 8. The Kier molecular flexibility index (Phi) is 8.60. The predicted molar refractivity (Wildman–Crippen MR) is 115 cm³/mol. The molecule has 2 N–H and O–H groups in total. The van der Waals surface area contributed by atoms with Gasteiger partial charge >= 0.3 is 12.1 Å². The Balaban J connectivity index is 2.29. The fourth-order valence-corrected chi connectivity index (χ4v) is 3.90. The number of carboxylic acids is 1. The Morgan fingerprint density at radius 3 is 2.48 bits per heavy atom. The molecule has 0 bridgehead atoms. The van der Waals surface area contributed by atoms with Crippen molar-refractivity contribution in [2.45, 2.75) is 39.3 Å². The van der Waals surface area contributed by atoms with Crippen molar-refractivity contribution in [3.63, 3.8) is 0 Å². The lowest BCUT2D eigenvalue weighted by atomic mass is 9.78. The number of carboxylic acid groups (broad SMARTS) is 1. The van der Waals surface area contributed by atoms with Gasteiger partial charge in [-0.15, -0.1) is 0 Å². The second-order valence-corrected chi connectivity index (χ2v) is 8.50. The summed E-state index contributed by atoms with van der Waals surface area (Å²) in [6.45, 7) is 2.73. The molecule has 0 aliphatic heterocycles. The summed E-state index contributed by atoms with van der Waals surface area (Å²) in [6.07, 6.45) is 0.855. The van der Waals surface area contributed by atoms with Crippen molar-refractivity contribution in [1.82, 2.24) is 0 Å². The lowest BCUT2D eigenvalue weighted by Gasteiger charge is -2.31. The zero-order valence-corrected chi connectivity index (χ0v) is 18.6. The first kappa shape index (κ1) is 25.3. The number of hydrogen-bond acceptors (Lipinski definition) is 2. The van der Waals surface area contributed by atoms with Gasteiger partial charge in [-0.2, -0.15) is 13.2 Å². The van der Waals surface area contributed by atoms with Crippen molar-refractivity contribution >= 4 is 40.8 Å². The van der Waals surface area contributed by atoms with E-state index < -0.39 is 41.7 Å². The van der Waals surface area contributed by atoms with E-state index in [4.69, 9.17) is 23.2 Å². The minimum Gasteiger partial charge on any atom is -0.481 e. The van der Waals surface area contributed by atoms with E-state index in [-0.39, 0.29) is 23.6 Å². The van der Waals surface area contributed by atoms with Gasteiger partial charge in [0.05, 0.1) is 28.5 Å². The Labute approximate surface area is 189 Å². The average Bonchev–Trinajstić information content (AvgIpc) is 2.69. The largest absolute Gasteiger partial charge is 0.481 e. The number of benzene rings is 1. The first-order valence-corrected chi connectivity index (χ1v) is 10.6. The third-order valence-electron chi connectivity index (χ3n) is 5.52. The standard InChI is InChI=1S/C22H24Cl2F3NO3/c1-3-14(21(30)31)10-13-4-9-17(24)18(11-13)28-20(29)19(12(2)22(25,26)27)15-5-7-16(23)8-6-15/h4-5,7-9,11-12,14-15,19H,3,6,10H2,1-2H3,(H,28,29)(H,30,31)/t12-,14+,15?,19+/m1/s1. The molecule has 1 aromatic carbocycles. The van der Waals surface area contributed by atoms with Crippen LogP contribution in [0.5, 0.6) is 0 Å². The van der Waals surface area contributed by atoms with Gasteiger partial charge in [-0.3, -0.25) is 9.59 Å². The van der Waals surface area contributed by atoms with E-state index in [0.717, 1.165) is 6.92 Å². The molecule has 0 spiro atoms. The molecule has 0 heterocycles. The molecule has 1 unspecified atom stereocenters. The molecule has 1 aliphatic carbocycles. The molecule has 1 aromatic rings. The van der Waals surface area contributed by atoms with Crippen molar-refractivity contribution in [3.8, 4) is 0 Å². The van der Waals surface area contributed by atoms with Crippen LogP contribution in [0.15, 0.2) is 41.5 Å². The maximum absolute atomic E-state index is 13.5. The highest BCUT2D eigenvalue weighted by Crippen LogP contribution is 2.40. The van der Waals surface area contributed by atoms with Crippen LogP contribution in [-0.2, 0) is 16.0 Å². The first-order chi connectivity index (χ1) is 14.4. The van der Waals surface area contributed by atoms with Gasteiger partial charge in [-0.05, 0) is 49.0 Å². The van der Waals surface area contributed by atoms with Gasteiger partial charge in [0.25, 0.3) is 0 Å². The summed E-state index contributed by atoms with van der Waals surface area (Å²) >= 11 is 12.0. The van der Waals surface area contributed by atoms with Gasteiger partial charge < -0.3 is 10.4 Å². The highest BCUT2D eigenvalue weighted by molar-refractivity contribution is 6.33. The number of carbonyl (C=O) groups is 2. The second-order valence-electron chi connectivity index (χ2n) is 7.65. The Bertz CT molecular complexity index is 883. The molecule has 0 radical (unpaired) electrons. The molecule has 0 aromatic heterocycles. The molecule has 0 fully saturated rings. The number of allylic oxidation sites excluding steroid dienone is 4. The summed E-state index contributed by atoms with van der Waals surface area (Å²) in [4.78, 5) is 24.3. The Hall–Kier alpha value is -1.99. The third kappa shape index (κ3) is 6.74. The van der Waals surface area contributed by atoms with Crippen LogP contribution in [0.2, 0.25) is 5.02 Å². The zero-order chi connectivity index (χ0) is 23.3. The molecule has 4 atom stereocenters. The number of alkyl halides is 3. The molecule has 170 valence electrons. The second kappa shape index (κ2) is 10.6. The van der Waals surface area contributed by atoms with E-state index in [1.807, 2.05) is 0 Å². The minimum atomic E-state index is -4.57. The highest BCUT2D eigenvalue weighted by atomic mass is 35.5. The Morgan fingerprint density at radius 2 is 1.97 bits per heavy atom. The fourth-order valence-electron chi connectivity index (χ4n) is 3.58. The van der Waals surface area contributed by atoms with E-state index >= 15 is 0 Å². The molecule has 31 heavy (non-hydrogen) atoms. The number of anilines is 1. The highest BCUT2D eigenvalue weighted by Gasteiger charge is 2.46. The molecular formula is C22H24Cl2F3NO3. The van der Waals surface area contributed by atoms with Crippen LogP contribution >= 0.6 is 23.2 Å². The fraction of sp³-hybridized carbons (Fsp3) is 0.455. The first-order valence-electron chi connectivity index (χ1n) is 9.86. The van der Waals surface area contributed by atoms with Gasteiger partial charge in [0.2, 0.25) is 5.91 Å². The monoisotopic (exact) mass is 477 g/mol. The SMILES string of the molecule is CC[C@@H](Cc1ccc(Cl)c(NC(=O)[C@H](C2C=CC(Cl)=CC2)[C@@H](C)C(F)(F)F)c1)C(=O)O. The van der Waals surface area contributed by atoms with Gasteiger partial charge in [0.15, 0.2) is 0 Å². The van der Waals surface area contributed by atoms with Crippen LogP contribution in [0.25, 0.3) is 0 Å². The number of hydrogen-bond donors (Lipinski definition) is 2. The van der Waals surface area contributed by atoms with Crippen molar-refractivity contribution in [2.75, 3.05) is 5.32 Å². The summed E-state index contributed by atoms with van der Waals surface area (Å²) in [5, 5.41) is 12.3. The lowest BCUT2D eigenvalue weighted by molar-refractivity contribution is -0.188. The zero-order valence-electron chi connectivity index (χ0n) is 17.0. The average molecular weight is 478 g/mol. The Morgan fingerprint density at radius 1 is 1.29 bits per heavy atom. The summed E-state index contributed by atoms with van der Waals surface area (Å²) < 4.78 is 40.5. The van der Waals surface area contributed by atoms with Gasteiger partial charge in [-0.25, -0.2) is 0 Å². The van der Waals surface area contributed by atoms with E-state index in [0.29, 0.717) is 17.0 Å². The maximum atomic E-state index is 13.5. The number of halogens is 5. The van der Waals surface area contributed by atoms with Gasteiger partial charge in [0.1, 0.15) is 0 Å². The molecule has 1 aliphatic rings. The summed E-state index contributed by atoms with van der Waals surface area (Å²) in [5.41, 5.74) is 0.763. The summed E-state index contributed by atoms with van der Waals surface area (Å²) in [7, 11) is 0. The molecule has 2 rings (SSSR count). The number of amides is 1. The lowest BCUT2D eigenvalue weighted by Crippen LogP contribution is -2.40. The van der Waals surface area contributed by atoms with Crippen molar-refractivity contribution < 1.29 is 27.9 Å². The smallest absolute Gasteiger partial charge is 0.392 e. The number of nitrogens with one attached hydrogen (secondary N) is 1. The van der Waals surface area contributed by atoms with Crippen LogP contribution in [0, 0.1) is 23.7 Å². The molecule has 0 saturated heterocycles. The third-order valence-corrected chi connectivity index (χ3v) is 6.13. The van der Waals surface area contributed by atoms with Gasteiger partial charge in [-0.1, -0.05) is 55.3 Å². The molecule has 1 amide bonds. The quantitative estimate of drug-likeness (QED) is 0.452. The minimum absolute atomic E-state index is 0.150. The van der Waals surface area contributed by atoms with Crippen LogP contribution in [0.4, 0.5) is 18.9 Å². The van der Waals surface area contributed by atoms with Crippen molar-refractivity contribution in [3.05, 3.63) is 52.0 Å². The maximum Gasteiger partial charge on any atom is 0.392 e. The van der Waals surface area contributed by atoms with E-state index in [9.17, 15) is 27.9 Å². The molecule has 4 nitrogen and oxygen atoms in total. The summed E-state index contributed by atoms with van der Waals surface area (Å²) in [6, 6.07) is 4.64. The topological polar surface area (TPSA) is 66.4 Å². The van der Waals surface area contributed by atoms with Crippen LogP contribution in [-0.4, -0.2) is 23.2 Å². The van der Waals surface area contributed by atoms with E-state index in [1.165, 1.54) is 24.3 Å². The van der Waals surface area contributed by atoms with Crippen LogP contribution in [0.3, 0.4) is 0 Å². The van der Waals surface area contributed by atoms with Gasteiger partial charge in [0, 0.05) is 5.03 Å². The van der Waals surface area contributed by atoms with Crippen molar-refractivity contribution in [1.29, 1.82) is 0 Å². The van der Waals surface area contributed by atoms with E-state index in [2.05, 4.69) is 5.32 Å². The number of aliphatic carboxylic acids is 1. The van der Waals surface area contributed by atoms with Crippen LogP contribution < -0.4 is 5.32 Å². The van der Waals surface area contributed by atoms with E-state index in [1.54, 1.807) is 19.1 Å². The normalized spacial score (nSPS) is 19.3. The molecule has 9 heteroatoms. The van der Waals surface area contributed by atoms with Crippen molar-refractivity contribution in [2.24, 2.45) is 23.7 Å². The molecule has 0 saturated carbocycles. The molecular weight excluding hydrogens is 454 g/mol. The number of carbonyl (C=O) groups excluding carboxylic acids is 1.